The number of rotatable bonds is 6. The Labute approximate surface area is 194 Å². The fraction of sp³-hybridized carbons (Fsp3) is 0.125. The average Bonchev–Trinajstić information content (AvgIpc) is 3.39. The maximum absolute atomic E-state index is 12.8. The first-order chi connectivity index (χ1) is 15.4. The molecule has 0 atom stereocenters. The van der Waals surface area contributed by atoms with Gasteiger partial charge >= 0.3 is 5.97 Å². The maximum Gasteiger partial charge on any atom is 0.343 e. The van der Waals surface area contributed by atoms with Crippen molar-refractivity contribution in [1.29, 1.82) is 0 Å². The number of carbonyl (C=O) groups excluding carboxylic acids is 2. The molecule has 0 spiro atoms. The second kappa shape index (κ2) is 9.42. The van der Waals surface area contributed by atoms with Gasteiger partial charge in [0.05, 0.1) is 30.4 Å². The van der Waals surface area contributed by atoms with E-state index in [2.05, 4.69) is 0 Å². The van der Waals surface area contributed by atoms with Crippen LogP contribution in [0.25, 0.3) is 6.08 Å². The first-order valence-electron chi connectivity index (χ1n) is 9.69. The standard InChI is InChI=1S/C24H19NO5S2/c1-15-5-3-6-17(11-15)23(27)30-19-9-8-16(12-20(19)28-2)13-21-22(26)25(24(31)32-21)14-18-7-4-10-29-18/h3-13H,14H2,1-2H3/b21-13-. The number of hydrogen-bond donors (Lipinski definition) is 0. The van der Waals surface area contributed by atoms with Gasteiger partial charge in [0, 0.05) is 0 Å². The van der Waals surface area contributed by atoms with Crippen molar-refractivity contribution in [2.24, 2.45) is 0 Å². The van der Waals surface area contributed by atoms with E-state index in [0.29, 0.717) is 32.0 Å². The predicted molar refractivity (Wildman–Crippen MR) is 127 cm³/mol. The molecule has 162 valence electrons. The molecule has 0 N–H and O–H groups in total. The Morgan fingerprint density at radius 1 is 1.16 bits per heavy atom. The summed E-state index contributed by atoms with van der Waals surface area (Å²) < 4.78 is 16.7. The zero-order valence-corrected chi connectivity index (χ0v) is 19.0. The van der Waals surface area contributed by atoms with E-state index < -0.39 is 5.97 Å². The Kier molecular flexibility index (Phi) is 6.43. The van der Waals surface area contributed by atoms with Gasteiger partial charge in [0.2, 0.25) is 0 Å². The number of carbonyl (C=O) groups is 2. The molecule has 1 amide bonds. The molecule has 0 aliphatic carbocycles. The fourth-order valence-corrected chi connectivity index (χ4v) is 4.39. The third-order valence-corrected chi connectivity index (χ3v) is 6.09. The minimum atomic E-state index is -0.474. The molecule has 4 rings (SSSR count). The van der Waals surface area contributed by atoms with Crippen molar-refractivity contribution in [3.05, 3.63) is 88.2 Å². The fourth-order valence-electron chi connectivity index (χ4n) is 3.14. The molecule has 1 fully saturated rings. The molecule has 0 radical (unpaired) electrons. The second-order valence-corrected chi connectivity index (χ2v) is 8.69. The molecular weight excluding hydrogens is 446 g/mol. The van der Waals surface area contributed by atoms with Gasteiger partial charge in [-0.05, 0) is 55.0 Å². The van der Waals surface area contributed by atoms with Crippen LogP contribution in [0.5, 0.6) is 11.5 Å². The Hall–Kier alpha value is -3.36. The lowest BCUT2D eigenvalue weighted by atomic mass is 10.1. The summed E-state index contributed by atoms with van der Waals surface area (Å²) in [7, 11) is 1.49. The van der Waals surface area contributed by atoms with Gasteiger partial charge in [-0.1, -0.05) is 47.7 Å². The molecule has 1 aromatic heterocycles. The number of furan rings is 1. The SMILES string of the molecule is COc1cc(/C=C2\SC(=S)N(Cc3ccco3)C2=O)ccc1OC(=O)c1cccc(C)c1. The molecule has 2 aromatic carbocycles. The maximum atomic E-state index is 12.8. The molecule has 1 saturated heterocycles. The average molecular weight is 466 g/mol. The molecule has 6 nitrogen and oxygen atoms in total. The number of aryl methyl sites for hydroxylation is 1. The molecule has 32 heavy (non-hydrogen) atoms. The predicted octanol–water partition coefficient (Wildman–Crippen LogP) is 5.22. The highest BCUT2D eigenvalue weighted by Gasteiger charge is 2.32. The Morgan fingerprint density at radius 2 is 2.00 bits per heavy atom. The van der Waals surface area contributed by atoms with Crippen molar-refractivity contribution in [2.75, 3.05) is 7.11 Å². The van der Waals surface area contributed by atoms with E-state index in [0.717, 1.165) is 11.1 Å². The summed E-state index contributed by atoms with van der Waals surface area (Å²) in [6.07, 6.45) is 3.29. The zero-order chi connectivity index (χ0) is 22.7. The van der Waals surface area contributed by atoms with Crippen LogP contribution in [0.4, 0.5) is 0 Å². The number of thioether (sulfide) groups is 1. The van der Waals surface area contributed by atoms with Crippen LogP contribution in [0.1, 0.15) is 27.2 Å². The van der Waals surface area contributed by atoms with E-state index in [1.807, 2.05) is 13.0 Å². The highest BCUT2D eigenvalue weighted by atomic mass is 32.2. The van der Waals surface area contributed by atoms with E-state index in [9.17, 15) is 9.59 Å². The third kappa shape index (κ3) is 4.76. The quantitative estimate of drug-likeness (QED) is 0.214. The number of esters is 1. The van der Waals surface area contributed by atoms with E-state index in [4.69, 9.17) is 26.1 Å². The number of benzene rings is 2. The molecule has 0 unspecified atom stereocenters. The van der Waals surface area contributed by atoms with Crippen molar-refractivity contribution >= 4 is 46.3 Å². The largest absolute Gasteiger partial charge is 0.493 e. The first-order valence-corrected chi connectivity index (χ1v) is 10.9. The molecule has 0 saturated carbocycles. The molecule has 2 heterocycles. The molecular formula is C24H19NO5S2. The normalized spacial score (nSPS) is 14.8. The van der Waals surface area contributed by atoms with Gasteiger partial charge in [0.25, 0.3) is 5.91 Å². The van der Waals surface area contributed by atoms with Crippen LogP contribution in [0.15, 0.2) is 70.2 Å². The van der Waals surface area contributed by atoms with Gasteiger partial charge in [0.15, 0.2) is 11.5 Å². The summed E-state index contributed by atoms with van der Waals surface area (Å²) in [5, 5.41) is 0. The van der Waals surface area contributed by atoms with Crippen LogP contribution in [0.2, 0.25) is 0 Å². The van der Waals surface area contributed by atoms with E-state index in [-0.39, 0.29) is 12.5 Å². The molecule has 0 bridgehead atoms. The number of nitrogens with zero attached hydrogens (tertiary/aromatic N) is 1. The Bertz CT molecular complexity index is 1220. The lowest BCUT2D eigenvalue weighted by Gasteiger charge is -2.12. The Balaban J connectivity index is 1.52. The van der Waals surface area contributed by atoms with Crippen LogP contribution in [0.3, 0.4) is 0 Å². The summed E-state index contributed by atoms with van der Waals surface area (Å²) in [4.78, 5) is 27.3. The summed E-state index contributed by atoms with van der Waals surface area (Å²) in [5.74, 6) is 0.667. The third-order valence-electron chi connectivity index (χ3n) is 4.71. The highest BCUT2D eigenvalue weighted by molar-refractivity contribution is 8.26. The number of amides is 1. The van der Waals surface area contributed by atoms with Crippen molar-refractivity contribution < 1.29 is 23.5 Å². The first kappa shape index (κ1) is 21.9. The van der Waals surface area contributed by atoms with Gasteiger partial charge in [-0.2, -0.15) is 0 Å². The number of ether oxygens (including phenoxy) is 2. The molecule has 1 aliphatic rings. The van der Waals surface area contributed by atoms with Crippen LogP contribution in [-0.2, 0) is 11.3 Å². The monoisotopic (exact) mass is 465 g/mol. The summed E-state index contributed by atoms with van der Waals surface area (Å²) in [5.41, 5.74) is 2.14. The van der Waals surface area contributed by atoms with Crippen LogP contribution in [-0.4, -0.2) is 28.2 Å². The van der Waals surface area contributed by atoms with Crippen molar-refractivity contribution in [3.8, 4) is 11.5 Å². The lowest BCUT2D eigenvalue weighted by Crippen LogP contribution is -2.27. The minimum Gasteiger partial charge on any atom is -0.493 e. The topological polar surface area (TPSA) is 69.0 Å². The highest BCUT2D eigenvalue weighted by Crippen LogP contribution is 2.35. The van der Waals surface area contributed by atoms with E-state index >= 15 is 0 Å². The van der Waals surface area contributed by atoms with Gasteiger partial charge in [0.1, 0.15) is 10.1 Å². The smallest absolute Gasteiger partial charge is 0.343 e. The lowest BCUT2D eigenvalue weighted by molar-refractivity contribution is -0.122. The number of thiocarbonyl (C=S) groups is 1. The van der Waals surface area contributed by atoms with Gasteiger partial charge < -0.3 is 13.9 Å². The minimum absolute atomic E-state index is 0.190. The Morgan fingerprint density at radius 3 is 2.72 bits per heavy atom. The molecule has 8 heteroatoms. The van der Waals surface area contributed by atoms with Gasteiger partial charge in [-0.25, -0.2) is 4.79 Å². The van der Waals surface area contributed by atoms with Crippen molar-refractivity contribution in [2.45, 2.75) is 13.5 Å². The van der Waals surface area contributed by atoms with Crippen LogP contribution >= 0.6 is 24.0 Å². The summed E-state index contributed by atoms with van der Waals surface area (Å²) >= 11 is 6.59. The van der Waals surface area contributed by atoms with Crippen LogP contribution < -0.4 is 9.47 Å². The molecule has 1 aliphatic heterocycles. The van der Waals surface area contributed by atoms with E-state index in [1.54, 1.807) is 60.9 Å². The second-order valence-electron chi connectivity index (χ2n) is 7.02. The number of methoxy groups -OCH3 is 1. The van der Waals surface area contributed by atoms with Gasteiger partial charge in [-0.15, -0.1) is 0 Å². The van der Waals surface area contributed by atoms with Crippen molar-refractivity contribution in [1.82, 2.24) is 4.90 Å². The molecule has 3 aromatic rings. The van der Waals surface area contributed by atoms with Crippen molar-refractivity contribution in [3.63, 3.8) is 0 Å². The summed E-state index contributed by atoms with van der Waals surface area (Å²) in [6, 6.07) is 15.8. The van der Waals surface area contributed by atoms with Gasteiger partial charge in [-0.3, -0.25) is 9.69 Å². The van der Waals surface area contributed by atoms with E-state index in [1.165, 1.54) is 23.8 Å². The zero-order valence-electron chi connectivity index (χ0n) is 17.4. The summed E-state index contributed by atoms with van der Waals surface area (Å²) in [6.45, 7) is 2.19. The number of hydrogen-bond acceptors (Lipinski definition) is 7. The van der Waals surface area contributed by atoms with Crippen LogP contribution in [0, 0.1) is 6.92 Å².